The molecule has 0 aromatic carbocycles. The van der Waals surface area contributed by atoms with Gasteiger partial charge in [-0.3, -0.25) is 4.79 Å². The average Bonchev–Trinajstić information content (AvgIpc) is 2.71. The van der Waals surface area contributed by atoms with Crippen molar-refractivity contribution in [1.29, 1.82) is 0 Å². The molecule has 104 valence electrons. The molecule has 0 aromatic rings. The second kappa shape index (κ2) is 5.96. The normalized spacial score (nSPS) is 25.2. The van der Waals surface area contributed by atoms with Crippen LogP contribution in [0.1, 0.15) is 12.8 Å². The van der Waals surface area contributed by atoms with Crippen molar-refractivity contribution in [2.75, 3.05) is 45.8 Å². The molecule has 0 saturated carbocycles. The average molecular weight is 276 g/mol. The van der Waals surface area contributed by atoms with Gasteiger partial charge in [0.05, 0.1) is 0 Å². The highest BCUT2D eigenvalue weighted by atomic mass is 32.2. The van der Waals surface area contributed by atoms with E-state index in [1.807, 2.05) is 0 Å². The number of nitrogens with zero attached hydrogens (tertiary/aromatic N) is 2. The number of carbonyl (C=O) groups is 1. The third kappa shape index (κ3) is 3.19. The van der Waals surface area contributed by atoms with E-state index >= 15 is 0 Å². The third-order valence-electron chi connectivity index (χ3n) is 3.22. The summed E-state index contributed by atoms with van der Waals surface area (Å²) in [5, 5.41) is 5.87. The lowest BCUT2D eigenvalue weighted by Gasteiger charge is -2.27. The van der Waals surface area contributed by atoms with Gasteiger partial charge in [0.1, 0.15) is 0 Å². The van der Waals surface area contributed by atoms with Gasteiger partial charge in [0, 0.05) is 45.7 Å². The Morgan fingerprint density at radius 2 is 1.67 bits per heavy atom. The Morgan fingerprint density at radius 3 is 2.50 bits per heavy atom. The number of hydrogen-bond donors (Lipinski definition) is 2. The van der Waals surface area contributed by atoms with E-state index in [1.54, 1.807) is 0 Å². The molecule has 2 fully saturated rings. The van der Waals surface area contributed by atoms with Crippen LogP contribution in [-0.2, 0) is 15.0 Å². The van der Waals surface area contributed by atoms with E-state index in [-0.39, 0.29) is 18.9 Å². The van der Waals surface area contributed by atoms with Crippen LogP contribution in [0.15, 0.2) is 0 Å². The van der Waals surface area contributed by atoms with Gasteiger partial charge in [-0.25, -0.2) is 0 Å². The molecule has 0 radical (unpaired) electrons. The minimum atomic E-state index is -3.42. The lowest BCUT2D eigenvalue weighted by atomic mass is 10.4. The summed E-state index contributed by atoms with van der Waals surface area (Å²) < 4.78 is 27.8. The van der Waals surface area contributed by atoms with Gasteiger partial charge in [-0.1, -0.05) is 0 Å². The minimum absolute atomic E-state index is 0.0785. The van der Waals surface area contributed by atoms with Crippen LogP contribution in [0.2, 0.25) is 0 Å². The molecule has 2 saturated heterocycles. The third-order valence-corrected chi connectivity index (χ3v) is 5.26. The molecule has 0 unspecified atom stereocenters. The zero-order valence-corrected chi connectivity index (χ0v) is 11.2. The van der Waals surface area contributed by atoms with Crippen LogP contribution in [0.4, 0.5) is 0 Å². The summed E-state index contributed by atoms with van der Waals surface area (Å²) in [5.74, 6) is -0.0785. The largest absolute Gasteiger partial charge is 0.355 e. The molecule has 0 aliphatic carbocycles. The van der Waals surface area contributed by atoms with Gasteiger partial charge in [-0.05, 0) is 13.0 Å². The lowest BCUT2D eigenvalue weighted by Crippen LogP contribution is -2.46. The molecule has 0 aromatic heterocycles. The zero-order valence-electron chi connectivity index (χ0n) is 10.4. The quantitative estimate of drug-likeness (QED) is 0.633. The van der Waals surface area contributed by atoms with Crippen LogP contribution < -0.4 is 10.6 Å². The maximum atomic E-state index is 12.4. The van der Waals surface area contributed by atoms with E-state index in [0.29, 0.717) is 32.7 Å². The van der Waals surface area contributed by atoms with Crippen LogP contribution >= 0.6 is 0 Å². The summed E-state index contributed by atoms with van der Waals surface area (Å²) in [7, 11) is -3.42. The minimum Gasteiger partial charge on any atom is -0.355 e. The van der Waals surface area contributed by atoms with Crippen molar-refractivity contribution in [1.82, 2.24) is 19.2 Å². The van der Waals surface area contributed by atoms with Crippen molar-refractivity contribution in [3.8, 4) is 0 Å². The molecular formula is C10H20N4O3S. The first-order chi connectivity index (χ1) is 8.60. The van der Waals surface area contributed by atoms with Gasteiger partial charge in [0.2, 0.25) is 5.91 Å². The van der Waals surface area contributed by atoms with Crippen molar-refractivity contribution in [3.63, 3.8) is 0 Å². The number of nitrogens with one attached hydrogen (secondary N) is 2. The fourth-order valence-electron chi connectivity index (χ4n) is 2.19. The second-order valence-electron chi connectivity index (χ2n) is 4.51. The monoisotopic (exact) mass is 276 g/mol. The highest BCUT2D eigenvalue weighted by Gasteiger charge is 2.31. The van der Waals surface area contributed by atoms with Crippen molar-refractivity contribution in [2.24, 2.45) is 0 Å². The molecule has 0 atom stereocenters. The number of amides is 1. The molecule has 1 amide bonds. The van der Waals surface area contributed by atoms with E-state index in [2.05, 4.69) is 10.6 Å². The first-order valence-electron chi connectivity index (χ1n) is 6.33. The molecule has 0 bridgehead atoms. The maximum Gasteiger partial charge on any atom is 0.282 e. The summed E-state index contributed by atoms with van der Waals surface area (Å²) in [6.07, 6.45) is 1.07. The van der Waals surface area contributed by atoms with Crippen LogP contribution in [0.3, 0.4) is 0 Å². The standard InChI is InChI=1S/C10H20N4O3S/c15-10-2-7-14(9-5-12-10)18(16,17)13-6-1-3-11-4-8-13/h11H,1-9H2,(H,12,15). The molecule has 18 heavy (non-hydrogen) atoms. The van der Waals surface area contributed by atoms with Crippen LogP contribution in [-0.4, -0.2) is 68.7 Å². The molecule has 7 nitrogen and oxygen atoms in total. The first-order valence-corrected chi connectivity index (χ1v) is 7.73. The second-order valence-corrected chi connectivity index (χ2v) is 6.44. The molecular weight excluding hydrogens is 256 g/mol. The van der Waals surface area contributed by atoms with Crippen molar-refractivity contribution >= 4 is 16.1 Å². The number of rotatable bonds is 2. The smallest absolute Gasteiger partial charge is 0.282 e. The maximum absolute atomic E-state index is 12.4. The molecule has 2 rings (SSSR count). The molecule has 2 aliphatic rings. The summed E-state index contributed by atoms with van der Waals surface area (Å²) >= 11 is 0. The van der Waals surface area contributed by atoms with Crippen LogP contribution in [0.25, 0.3) is 0 Å². The van der Waals surface area contributed by atoms with Gasteiger partial charge in [-0.2, -0.15) is 17.0 Å². The summed E-state index contributed by atoms with van der Waals surface area (Å²) in [5.41, 5.74) is 0. The van der Waals surface area contributed by atoms with Gasteiger partial charge >= 0.3 is 0 Å². The first kappa shape index (κ1) is 13.7. The Labute approximate surface area is 108 Å². The van der Waals surface area contributed by atoms with Gasteiger partial charge in [0.25, 0.3) is 10.2 Å². The zero-order chi connectivity index (χ0) is 13.0. The van der Waals surface area contributed by atoms with Gasteiger partial charge < -0.3 is 10.6 Å². The molecule has 2 aliphatic heterocycles. The Hall–Kier alpha value is -0.700. The molecule has 0 spiro atoms. The van der Waals surface area contributed by atoms with E-state index in [4.69, 9.17) is 0 Å². The lowest BCUT2D eigenvalue weighted by molar-refractivity contribution is -0.120. The van der Waals surface area contributed by atoms with Crippen molar-refractivity contribution in [3.05, 3.63) is 0 Å². The fourth-order valence-corrected chi connectivity index (χ4v) is 3.84. The van der Waals surface area contributed by atoms with Crippen molar-refractivity contribution < 1.29 is 13.2 Å². The van der Waals surface area contributed by atoms with E-state index in [1.165, 1.54) is 8.61 Å². The SMILES string of the molecule is O=C1CCN(S(=O)(=O)N2CCCNCC2)CCN1. The van der Waals surface area contributed by atoms with Crippen LogP contribution in [0.5, 0.6) is 0 Å². The van der Waals surface area contributed by atoms with Gasteiger partial charge in [-0.15, -0.1) is 0 Å². The van der Waals surface area contributed by atoms with Crippen LogP contribution in [0, 0.1) is 0 Å². The molecule has 2 N–H and O–H groups in total. The van der Waals surface area contributed by atoms with E-state index < -0.39 is 10.2 Å². The Bertz CT molecular complexity index is 390. The topological polar surface area (TPSA) is 81.8 Å². The van der Waals surface area contributed by atoms with E-state index in [0.717, 1.165) is 13.0 Å². The fraction of sp³-hybridized carbons (Fsp3) is 0.900. The highest BCUT2D eigenvalue weighted by Crippen LogP contribution is 2.11. The number of hydrogen-bond acceptors (Lipinski definition) is 4. The number of carbonyl (C=O) groups excluding carboxylic acids is 1. The Kier molecular flexibility index (Phi) is 4.55. The highest BCUT2D eigenvalue weighted by molar-refractivity contribution is 7.86. The summed E-state index contributed by atoms with van der Waals surface area (Å²) in [4.78, 5) is 11.2. The summed E-state index contributed by atoms with van der Waals surface area (Å²) in [6, 6.07) is 0. The van der Waals surface area contributed by atoms with E-state index in [9.17, 15) is 13.2 Å². The molecule has 2 heterocycles. The van der Waals surface area contributed by atoms with Gasteiger partial charge in [0.15, 0.2) is 0 Å². The van der Waals surface area contributed by atoms with Crippen molar-refractivity contribution in [2.45, 2.75) is 12.8 Å². The molecule has 8 heteroatoms. The Morgan fingerprint density at radius 1 is 0.944 bits per heavy atom. The summed E-state index contributed by atoms with van der Waals surface area (Å²) in [6.45, 7) is 3.62. The predicted octanol–water partition coefficient (Wildman–Crippen LogP) is -1.65. The predicted molar refractivity (Wildman–Crippen MR) is 67.2 cm³/mol. The Balaban J connectivity index is 2.06.